The van der Waals surface area contributed by atoms with Gasteiger partial charge in [0.1, 0.15) is 0 Å². The first-order chi connectivity index (χ1) is 12.2. The van der Waals surface area contributed by atoms with E-state index in [1.165, 1.54) is 22.3 Å². The van der Waals surface area contributed by atoms with E-state index in [0.29, 0.717) is 0 Å². The van der Waals surface area contributed by atoms with Gasteiger partial charge in [-0.05, 0) is 49.9 Å². The Morgan fingerprint density at radius 2 is 0.778 bits per heavy atom. The topological polar surface area (TPSA) is 0 Å². The number of aryl methyl sites for hydroxylation is 4. The maximum atomic E-state index is 13.5. The van der Waals surface area contributed by atoms with E-state index in [1.807, 2.05) is 0 Å². The van der Waals surface area contributed by atoms with Crippen molar-refractivity contribution in [3.05, 3.63) is 93.1 Å². The Kier molecular flexibility index (Phi) is 6.47. The van der Waals surface area contributed by atoms with Gasteiger partial charge in [0.15, 0.2) is 23.3 Å². The average Bonchev–Trinajstić information content (AvgIpc) is 2.64. The molecule has 5 heteroatoms. The van der Waals surface area contributed by atoms with Crippen LogP contribution in [0, 0.1) is 51.0 Å². The van der Waals surface area contributed by atoms with Crippen molar-refractivity contribution in [2.75, 3.05) is 0 Å². The molecule has 3 aliphatic carbocycles. The Hall–Kier alpha value is -1.74. The molecule has 145 valence electrons. The third-order valence-corrected chi connectivity index (χ3v) is 5.17. The molecule has 2 aromatic rings. The van der Waals surface area contributed by atoms with E-state index in [0.717, 1.165) is 0 Å². The maximum absolute atomic E-state index is 13.5. The molecular formula is C22H20F4Rh. The molecule has 2 bridgehead atoms. The zero-order chi connectivity index (χ0) is 19.2. The molecule has 0 aliphatic heterocycles. The fraction of sp³-hybridized carbons (Fsp3) is 0.273. The van der Waals surface area contributed by atoms with Crippen molar-refractivity contribution in [1.29, 1.82) is 0 Å². The van der Waals surface area contributed by atoms with Gasteiger partial charge >= 0.3 is 0 Å². The molecule has 0 heterocycles. The van der Waals surface area contributed by atoms with Gasteiger partial charge in [0.05, 0.1) is 0 Å². The fourth-order valence-electron chi connectivity index (χ4n) is 3.41. The first kappa shape index (κ1) is 21.6. The average molecular weight is 463 g/mol. The fourth-order valence-corrected chi connectivity index (χ4v) is 3.41. The third kappa shape index (κ3) is 3.80. The van der Waals surface area contributed by atoms with E-state index in [9.17, 15) is 17.6 Å². The molecule has 0 unspecified atom stereocenters. The summed E-state index contributed by atoms with van der Waals surface area (Å²) in [6.45, 7) is 8.62. The third-order valence-electron chi connectivity index (χ3n) is 5.17. The molecule has 0 saturated heterocycles. The second-order valence-electron chi connectivity index (χ2n) is 6.93. The van der Waals surface area contributed by atoms with Gasteiger partial charge in [0.25, 0.3) is 0 Å². The first-order valence-electron chi connectivity index (χ1n) is 8.49. The van der Waals surface area contributed by atoms with Gasteiger partial charge in [-0.25, -0.2) is 17.6 Å². The Labute approximate surface area is 169 Å². The number of halogens is 4. The van der Waals surface area contributed by atoms with Gasteiger partial charge in [0, 0.05) is 42.4 Å². The molecule has 1 radical (unpaired) electrons. The zero-order valence-corrected chi connectivity index (χ0v) is 17.1. The van der Waals surface area contributed by atoms with Crippen molar-refractivity contribution in [2.24, 2.45) is 0 Å². The second kappa shape index (κ2) is 8.10. The molecule has 0 spiro atoms. The van der Waals surface area contributed by atoms with Gasteiger partial charge in [0.2, 0.25) is 0 Å². The van der Waals surface area contributed by atoms with E-state index in [-0.39, 0.29) is 30.6 Å². The van der Waals surface area contributed by atoms with Crippen LogP contribution >= 0.6 is 0 Å². The summed E-state index contributed by atoms with van der Waals surface area (Å²) in [4.78, 5) is 0. The van der Waals surface area contributed by atoms with E-state index < -0.39 is 35.1 Å². The standard InChI is InChI=1S/C12H6F4.C10H14.Rh/c13-9-7-5-1-2-6(4-3-5)8(7)10(14)12(16)11(9)15;1-7-5-9(3)10(4)6-8(7)2;/h1-6H;5-6H,1-4H3;. The minimum Gasteiger partial charge on any atom is -0.203 e. The van der Waals surface area contributed by atoms with Crippen LogP contribution in [0.25, 0.3) is 0 Å². The number of hydrogen-bond acceptors (Lipinski definition) is 0. The Bertz CT molecular complexity index is 833. The van der Waals surface area contributed by atoms with E-state index in [4.69, 9.17) is 0 Å². The van der Waals surface area contributed by atoms with Crippen LogP contribution in [0.15, 0.2) is 36.4 Å². The van der Waals surface area contributed by atoms with Crippen molar-refractivity contribution in [3.8, 4) is 0 Å². The van der Waals surface area contributed by atoms with Crippen molar-refractivity contribution in [3.63, 3.8) is 0 Å². The van der Waals surface area contributed by atoms with Crippen LogP contribution in [0.2, 0.25) is 0 Å². The molecule has 0 nitrogen and oxygen atoms in total. The minimum absolute atomic E-state index is 0. The normalized spacial score (nSPS) is 18.5. The number of benzene rings is 2. The molecular weight excluding hydrogens is 443 g/mol. The summed E-state index contributed by atoms with van der Waals surface area (Å²) in [5.41, 5.74) is 5.41. The van der Waals surface area contributed by atoms with Gasteiger partial charge < -0.3 is 0 Å². The SMILES string of the molecule is Cc1cc(C)c(C)cc1C.Fc1c(F)c(F)c2c(c1F)C1C=CC2C=C1.[Rh]. The van der Waals surface area contributed by atoms with Crippen LogP contribution < -0.4 is 0 Å². The van der Waals surface area contributed by atoms with Crippen molar-refractivity contribution in [2.45, 2.75) is 39.5 Å². The minimum atomic E-state index is -1.73. The molecule has 0 aromatic heterocycles. The van der Waals surface area contributed by atoms with Crippen LogP contribution in [-0.2, 0) is 19.5 Å². The smallest absolute Gasteiger partial charge is 0.197 e. The van der Waals surface area contributed by atoms with E-state index in [2.05, 4.69) is 39.8 Å². The molecule has 0 saturated carbocycles. The van der Waals surface area contributed by atoms with Crippen molar-refractivity contribution < 1.29 is 37.0 Å². The van der Waals surface area contributed by atoms with Crippen molar-refractivity contribution >= 4 is 0 Å². The number of rotatable bonds is 0. The largest absolute Gasteiger partial charge is 0.203 e. The second-order valence-corrected chi connectivity index (χ2v) is 6.93. The van der Waals surface area contributed by atoms with Gasteiger partial charge in [-0.15, -0.1) is 0 Å². The summed E-state index contributed by atoms with van der Waals surface area (Å²) >= 11 is 0. The Morgan fingerprint density at radius 1 is 0.519 bits per heavy atom. The summed E-state index contributed by atoms with van der Waals surface area (Å²) in [7, 11) is 0. The van der Waals surface area contributed by atoms with E-state index >= 15 is 0 Å². The van der Waals surface area contributed by atoms with Gasteiger partial charge in [-0.1, -0.05) is 36.4 Å². The predicted octanol–water partition coefficient (Wildman–Crippen LogP) is 6.47. The van der Waals surface area contributed by atoms with Crippen LogP contribution in [0.1, 0.15) is 45.2 Å². The zero-order valence-electron chi connectivity index (χ0n) is 15.5. The van der Waals surface area contributed by atoms with Crippen LogP contribution in [0.3, 0.4) is 0 Å². The molecule has 0 N–H and O–H groups in total. The predicted molar refractivity (Wildman–Crippen MR) is 95.4 cm³/mol. The van der Waals surface area contributed by atoms with Gasteiger partial charge in [-0.2, -0.15) is 0 Å². The van der Waals surface area contributed by atoms with Crippen LogP contribution in [-0.4, -0.2) is 0 Å². The van der Waals surface area contributed by atoms with Gasteiger partial charge in [-0.3, -0.25) is 0 Å². The van der Waals surface area contributed by atoms with Crippen LogP contribution in [0.5, 0.6) is 0 Å². The summed E-state index contributed by atoms with van der Waals surface area (Å²) in [6.07, 6.45) is 6.64. The Balaban J connectivity index is 0.000000208. The molecule has 2 aromatic carbocycles. The molecule has 0 fully saturated rings. The molecule has 0 atom stereocenters. The number of hydrogen-bond donors (Lipinski definition) is 0. The van der Waals surface area contributed by atoms with E-state index in [1.54, 1.807) is 24.3 Å². The monoisotopic (exact) mass is 463 g/mol. The summed E-state index contributed by atoms with van der Waals surface area (Å²) < 4.78 is 53.2. The van der Waals surface area contributed by atoms with Crippen LogP contribution in [0.4, 0.5) is 17.6 Å². The molecule has 27 heavy (non-hydrogen) atoms. The van der Waals surface area contributed by atoms with Crippen molar-refractivity contribution in [1.82, 2.24) is 0 Å². The quantitative estimate of drug-likeness (QED) is 0.138. The molecule has 5 rings (SSSR count). The molecule has 3 aliphatic rings. The summed E-state index contributed by atoms with van der Waals surface area (Å²) in [5, 5.41) is 0. The Morgan fingerprint density at radius 3 is 1.04 bits per heavy atom. The summed E-state index contributed by atoms with van der Waals surface area (Å²) in [5.74, 6) is -7.01. The maximum Gasteiger partial charge on any atom is 0.197 e. The number of allylic oxidation sites excluding steroid dienone is 4. The first-order valence-corrected chi connectivity index (χ1v) is 8.49. The molecule has 0 amide bonds. The summed E-state index contributed by atoms with van der Waals surface area (Å²) in [6, 6.07) is 4.48.